The first-order valence-electron chi connectivity index (χ1n) is 13.6. The van der Waals surface area contributed by atoms with E-state index in [4.69, 9.17) is 23.4 Å². The maximum absolute atomic E-state index is 13.2. The number of benzene rings is 3. The smallest absolute Gasteiger partial charge is 0.360 e. The van der Waals surface area contributed by atoms with Crippen molar-refractivity contribution in [3.8, 4) is 22.6 Å². The van der Waals surface area contributed by atoms with Gasteiger partial charge in [-0.05, 0) is 76.1 Å². The molecule has 0 saturated carbocycles. The molecule has 1 aromatic heterocycles. The maximum Gasteiger partial charge on any atom is 0.360 e. The summed E-state index contributed by atoms with van der Waals surface area (Å²) < 4.78 is 29.0. The van der Waals surface area contributed by atoms with Crippen LogP contribution in [0.15, 0.2) is 69.9 Å². The van der Waals surface area contributed by atoms with E-state index in [1.54, 1.807) is 44.6 Å². The first-order valence-corrected chi connectivity index (χ1v) is 13.6. The third kappa shape index (κ3) is 5.85. The number of aryl methyl sites for hydroxylation is 2. The molecule has 8 nitrogen and oxygen atoms in total. The number of hydrogen-bond acceptors (Lipinski definition) is 7. The molecule has 0 spiro atoms. The second-order valence-corrected chi connectivity index (χ2v) is 10.9. The van der Waals surface area contributed by atoms with Crippen LogP contribution in [0.25, 0.3) is 22.1 Å². The zero-order chi connectivity index (χ0) is 29.3. The zero-order valence-electron chi connectivity index (χ0n) is 24.2. The van der Waals surface area contributed by atoms with Gasteiger partial charge in [-0.2, -0.15) is 0 Å². The van der Waals surface area contributed by atoms with Crippen molar-refractivity contribution in [3.63, 3.8) is 0 Å². The van der Waals surface area contributed by atoms with Crippen LogP contribution in [0.5, 0.6) is 11.5 Å². The van der Waals surface area contributed by atoms with Gasteiger partial charge < -0.3 is 28.7 Å². The Morgan fingerprint density at radius 3 is 2.37 bits per heavy atom. The first kappa shape index (κ1) is 28.4. The maximum atomic E-state index is 13.2. The molecule has 2 heterocycles. The quantitative estimate of drug-likeness (QED) is 0.254. The fourth-order valence-corrected chi connectivity index (χ4v) is 5.26. The van der Waals surface area contributed by atoms with Gasteiger partial charge in [0.25, 0.3) is 5.91 Å². The number of carbonyl (C=O) groups is 1. The van der Waals surface area contributed by atoms with Gasteiger partial charge in [-0.15, -0.1) is 0 Å². The topological polar surface area (TPSA) is 96.2 Å². The molecule has 3 aromatic carbocycles. The lowest BCUT2D eigenvalue weighted by Crippen LogP contribution is -2.49. The summed E-state index contributed by atoms with van der Waals surface area (Å²) in [5.74, 6) is 0.775. The summed E-state index contributed by atoms with van der Waals surface area (Å²) in [6.07, 6.45) is 1.01. The molecule has 0 bridgehead atoms. The number of anilines is 1. The molecular formula is C33H35NO7. The number of nitrogens with one attached hydrogen (secondary N) is 1. The number of amides is 1. The predicted octanol–water partition coefficient (Wildman–Crippen LogP) is 6.65. The van der Waals surface area contributed by atoms with Gasteiger partial charge in [-0.25, -0.2) is 4.79 Å². The Balaban J connectivity index is 1.37. The minimum atomic E-state index is -0.656. The highest BCUT2D eigenvalue weighted by Gasteiger charge is 2.39. The van der Waals surface area contributed by atoms with E-state index >= 15 is 0 Å². The summed E-state index contributed by atoms with van der Waals surface area (Å²) in [5.41, 5.74) is 3.16. The lowest BCUT2D eigenvalue weighted by molar-refractivity contribution is -0.233. The van der Waals surface area contributed by atoms with Gasteiger partial charge >= 0.3 is 5.63 Å². The largest absolute Gasteiger partial charge is 0.496 e. The van der Waals surface area contributed by atoms with E-state index < -0.39 is 23.4 Å². The van der Waals surface area contributed by atoms with Crippen molar-refractivity contribution in [3.05, 3.63) is 87.8 Å². The second-order valence-electron chi connectivity index (χ2n) is 10.9. The van der Waals surface area contributed by atoms with Gasteiger partial charge in [0.2, 0.25) is 6.29 Å². The molecular weight excluding hydrogens is 522 g/mol. The molecule has 1 N–H and O–H groups in total. The number of fused-ring (bicyclic) bond motifs is 1. The van der Waals surface area contributed by atoms with Gasteiger partial charge in [-0.3, -0.25) is 4.79 Å². The Morgan fingerprint density at radius 1 is 0.951 bits per heavy atom. The van der Waals surface area contributed by atoms with Crippen LogP contribution in [-0.4, -0.2) is 38.1 Å². The normalized spacial score (nSPS) is 18.2. The fraction of sp³-hybridized carbons (Fsp3) is 0.333. The minimum absolute atomic E-state index is 0.0150. The number of hydrogen-bond donors (Lipinski definition) is 1. The molecule has 2 unspecified atom stereocenters. The highest BCUT2D eigenvalue weighted by molar-refractivity contribution is 6.05. The zero-order valence-corrected chi connectivity index (χ0v) is 24.2. The summed E-state index contributed by atoms with van der Waals surface area (Å²) in [4.78, 5) is 26.2. The van der Waals surface area contributed by atoms with Crippen molar-refractivity contribution in [1.82, 2.24) is 0 Å². The molecule has 8 heteroatoms. The molecule has 1 aliphatic heterocycles. The Labute approximate surface area is 239 Å². The molecule has 4 aromatic rings. The van der Waals surface area contributed by atoms with E-state index in [-0.39, 0.29) is 11.8 Å². The molecule has 2 atom stereocenters. The van der Waals surface area contributed by atoms with Crippen molar-refractivity contribution >= 4 is 22.6 Å². The Hall–Kier alpha value is -4.14. The van der Waals surface area contributed by atoms with Crippen molar-refractivity contribution in [2.75, 3.05) is 19.5 Å². The van der Waals surface area contributed by atoms with Gasteiger partial charge in [-0.1, -0.05) is 29.8 Å². The standard InChI is InChI=1S/C33H35NO7/c1-19-7-9-21(10-8-19)24-17-23(12-14-27(24)37-5)31(35)34-25-18-22-11-13-26(20(2)30(22)40-32(25)36)39-29-16-15-28(38-6)33(3,4)41-29/h7-14,17-18,28-29H,15-16H2,1-6H3,(H,34,35). The summed E-state index contributed by atoms with van der Waals surface area (Å²) in [5, 5.41) is 3.37. The number of carbonyl (C=O) groups excluding carboxylic acids is 1. The van der Waals surface area contributed by atoms with E-state index in [0.717, 1.165) is 23.1 Å². The van der Waals surface area contributed by atoms with E-state index in [1.807, 2.05) is 58.0 Å². The van der Waals surface area contributed by atoms with E-state index in [9.17, 15) is 9.59 Å². The van der Waals surface area contributed by atoms with E-state index in [1.165, 1.54) is 0 Å². The van der Waals surface area contributed by atoms with Crippen LogP contribution in [0.4, 0.5) is 5.69 Å². The van der Waals surface area contributed by atoms with Crippen LogP contribution >= 0.6 is 0 Å². The summed E-state index contributed by atoms with van der Waals surface area (Å²) >= 11 is 0. The molecule has 1 amide bonds. The lowest BCUT2D eigenvalue weighted by atomic mass is 9.94. The van der Waals surface area contributed by atoms with Gasteiger partial charge in [0.05, 0.1) is 18.8 Å². The summed E-state index contributed by atoms with van der Waals surface area (Å²) in [6.45, 7) is 7.80. The number of ether oxygens (including phenoxy) is 4. The molecule has 1 aliphatic rings. The monoisotopic (exact) mass is 557 g/mol. The molecule has 1 saturated heterocycles. The van der Waals surface area contributed by atoms with Gasteiger partial charge in [0.1, 0.15) is 22.8 Å². The molecule has 5 rings (SSSR count). The van der Waals surface area contributed by atoms with Crippen molar-refractivity contribution in [1.29, 1.82) is 0 Å². The van der Waals surface area contributed by atoms with Crippen molar-refractivity contribution in [2.24, 2.45) is 0 Å². The van der Waals surface area contributed by atoms with E-state index in [2.05, 4.69) is 5.32 Å². The highest BCUT2D eigenvalue weighted by atomic mass is 16.7. The van der Waals surface area contributed by atoms with Crippen LogP contribution in [0.1, 0.15) is 48.2 Å². The molecule has 0 radical (unpaired) electrons. The van der Waals surface area contributed by atoms with Crippen molar-refractivity contribution < 1.29 is 28.2 Å². The predicted molar refractivity (Wildman–Crippen MR) is 158 cm³/mol. The summed E-state index contributed by atoms with van der Waals surface area (Å²) in [7, 11) is 3.27. The van der Waals surface area contributed by atoms with Crippen molar-refractivity contribution in [2.45, 2.75) is 58.5 Å². The fourth-order valence-electron chi connectivity index (χ4n) is 5.26. The van der Waals surface area contributed by atoms with E-state index in [0.29, 0.717) is 40.0 Å². The second kappa shape index (κ2) is 11.4. The third-order valence-electron chi connectivity index (χ3n) is 7.59. The molecule has 41 heavy (non-hydrogen) atoms. The van der Waals surface area contributed by atoms with Gasteiger partial charge in [0.15, 0.2) is 0 Å². The third-order valence-corrected chi connectivity index (χ3v) is 7.59. The summed E-state index contributed by atoms with van der Waals surface area (Å²) in [6, 6.07) is 18.3. The van der Waals surface area contributed by atoms with Crippen LogP contribution in [0.3, 0.4) is 0 Å². The minimum Gasteiger partial charge on any atom is -0.496 e. The molecule has 1 fully saturated rings. The van der Waals surface area contributed by atoms with Crippen LogP contribution < -0.4 is 20.4 Å². The molecule has 214 valence electrons. The van der Waals surface area contributed by atoms with Crippen LogP contribution in [-0.2, 0) is 9.47 Å². The number of methoxy groups -OCH3 is 2. The molecule has 0 aliphatic carbocycles. The first-order chi connectivity index (χ1) is 19.6. The average Bonchev–Trinajstić information content (AvgIpc) is 2.95. The highest BCUT2D eigenvalue weighted by Crippen LogP contribution is 2.35. The SMILES string of the molecule is COc1ccc(C(=O)Nc2cc3ccc(OC4CCC(OC)C(C)(C)O4)c(C)c3oc2=O)cc1-c1ccc(C)cc1. The van der Waals surface area contributed by atoms with Crippen LogP contribution in [0.2, 0.25) is 0 Å². The number of rotatable bonds is 7. The van der Waals surface area contributed by atoms with Gasteiger partial charge in [0, 0.05) is 35.6 Å². The lowest BCUT2D eigenvalue weighted by Gasteiger charge is -2.41. The Kier molecular flexibility index (Phi) is 7.89. The average molecular weight is 558 g/mol. The van der Waals surface area contributed by atoms with Crippen LogP contribution in [0, 0.1) is 13.8 Å². The Morgan fingerprint density at radius 2 is 1.68 bits per heavy atom. The Bertz CT molecular complexity index is 1640.